The standard InChI is InChI=1S/C15H15BrN2O3/c1-2-10-3-5-11(6-4-10)18-14(19)9-17-15(20)12-7-8-13(16)21-12/h3-8H,2,9H2,1H3,(H,17,20)(H,18,19). The number of benzene rings is 1. The minimum absolute atomic E-state index is 0.118. The maximum atomic E-state index is 11.7. The van der Waals surface area contributed by atoms with Gasteiger partial charge in [0.25, 0.3) is 5.91 Å². The molecule has 1 heterocycles. The van der Waals surface area contributed by atoms with Gasteiger partial charge in [0.05, 0.1) is 6.54 Å². The Morgan fingerprint density at radius 1 is 1.14 bits per heavy atom. The van der Waals surface area contributed by atoms with Crippen molar-refractivity contribution in [1.29, 1.82) is 0 Å². The van der Waals surface area contributed by atoms with Gasteiger partial charge in [-0.1, -0.05) is 19.1 Å². The van der Waals surface area contributed by atoms with Gasteiger partial charge in [0.2, 0.25) is 5.91 Å². The van der Waals surface area contributed by atoms with Gasteiger partial charge in [-0.2, -0.15) is 0 Å². The fraction of sp³-hybridized carbons (Fsp3) is 0.200. The molecule has 0 aliphatic carbocycles. The first kappa shape index (κ1) is 15.3. The summed E-state index contributed by atoms with van der Waals surface area (Å²) in [6.07, 6.45) is 0.947. The molecule has 1 aromatic carbocycles. The van der Waals surface area contributed by atoms with E-state index < -0.39 is 5.91 Å². The highest BCUT2D eigenvalue weighted by molar-refractivity contribution is 9.10. The van der Waals surface area contributed by atoms with E-state index >= 15 is 0 Å². The lowest BCUT2D eigenvalue weighted by Gasteiger charge is -2.06. The fourth-order valence-electron chi connectivity index (χ4n) is 1.71. The van der Waals surface area contributed by atoms with Crippen molar-refractivity contribution in [3.05, 3.63) is 52.4 Å². The van der Waals surface area contributed by atoms with E-state index in [1.807, 2.05) is 24.3 Å². The van der Waals surface area contributed by atoms with Crippen molar-refractivity contribution in [2.45, 2.75) is 13.3 Å². The van der Waals surface area contributed by atoms with Gasteiger partial charge in [0.15, 0.2) is 10.4 Å². The minimum atomic E-state index is -0.433. The molecule has 2 aromatic rings. The van der Waals surface area contributed by atoms with E-state index in [2.05, 4.69) is 33.5 Å². The maximum Gasteiger partial charge on any atom is 0.287 e. The molecule has 0 fully saturated rings. The van der Waals surface area contributed by atoms with E-state index in [4.69, 9.17) is 4.42 Å². The number of hydrogen-bond acceptors (Lipinski definition) is 3. The van der Waals surface area contributed by atoms with Crippen LogP contribution in [0.1, 0.15) is 23.0 Å². The topological polar surface area (TPSA) is 71.3 Å². The maximum absolute atomic E-state index is 11.7. The first-order chi connectivity index (χ1) is 10.1. The quantitative estimate of drug-likeness (QED) is 0.870. The van der Waals surface area contributed by atoms with Gasteiger partial charge in [-0.25, -0.2) is 0 Å². The molecular weight excluding hydrogens is 336 g/mol. The van der Waals surface area contributed by atoms with Crippen LogP contribution < -0.4 is 10.6 Å². The van der Waals surface area contributed by atoms with E-state index in [0.717, 1.165) is 6.42 Å². The number of halogens is 1. The first-order valence-electron chi connectivity index (χ1n) is 6.51. The molecule has 2 N–H and O–H groups in total. The van der Waals surface area contributed by atoms with Crippen LogP contribution in [0.4, 0.5) is 5.69 Å². The van der Waals surface area contributed by atoms with Crippen molar-refractivity contribution in [3.8, 4) is 0 Å². The Hall–Kier alpha value is -2.08. The van der Waals surface area contributed by atoms with Crippen molar-refractivity contribution >= 4 is 33.4 Å². The van der Waals surface area contributed by atoms with Gasteiger partial charge < -0.3 is 15.1 Å². The summed E-state index contributed by atoms with van der Waals surface area (Å²) in [6, 6.07) is 10.7. The van der Waals surface area contributed by atoms with Crippen LogP contribution in [-0.2, 0) is 11.2 Å². The molecule has 0 spiro atoms. The summed E-state index contributed by atoms with van der Waals surface area (Å²) in [4.78, 5) is 23.4. The van der Waals surface area contributed by atoms with Gasteiger partial charge in [0.1, 0.15) is 0 Å². The van der Waals surface area contributed by atoms with Crippen molar-refractivity contribution < 1.29 is 14.0 Å². The number of carbonyl (C=O) groups excluding carboxylic acids is 2. The lowest BCUT2D eigenvalue weighted by Crippen LogP contribution is -2.32. The molecule has 1 aromatic heterocycles. The van der Waals surface area contributed by atoms with Crippen LogP contribution in [0.25, 0.3) is 0 Å². The summed E-state index contributed by atoms with van der Waals surface area (Å²) >= 11 is 3.11. The van der Waals surface area contributed by atoms with E-state index in [9.17, 15) is 9.59 Å². The summed E-state index contributed by atoms with van der Waals surface area (Å²) in [5.41, 5.74) is 1.90. The predicted octanol–water partition coefficient (Wildman–Crippen LogP) is 2.97. The number of aryl methyl sites for hydroxylation is 1. The highest BCUT2D eigenvalue weighted by Gasteiger charge is 2.11. The van der Waals surface area contributed by atoms with Gasteiger partial charge >= 0.3 is 0 Å². The van der Waals surface area contributed by atoms with E-state index in [-0.39, 0.29) is 18.2 Å². The number of furan rings is 1. The fourth-order valence-corrected chi connectivity index (χ4v) is 2.02. The Labute approximate surface area is 130 Å². The zero-order valence-electron chi connectivity index (χ0n) is 11.5. The Balaban J connectivity index is 1.82. The number of hydrogen-bond donors (Lipinski definition) is 2. The molecule has 6 heteroatoms. The Morgan fingerprint density at radius 2 is 1.86 bits per heavy atom. The van der Waals surface area contributed by atoms with Crippen LogP contribution in [0.5, 0.6) is 0 Å². The van der Waals surface area contributed by atoms with Crippen molar-refractivity contribution in [1.82, 2.24) is 5.32 Å². The van der Waals surface area contributed by atoms with Gasteiger partial charge in [0, 0.05) is 5.69 Å². The van der Waals surface area contributed by atoms with Crippen molar-refractivity contribution in [2.24, 2.45) is 0 Å². The third kappa shape index (κ3) is 4.46. The van der Waals surface area contributed by atoms with Gasteiger partial charge in [-0.05, 0) is 52.2 Å². The van der Waals surface area contributed by atoms with Crippen LogP contribution in [0, 0.1) is 0 Å². The average Bonchev–Trinajstić information content (AvgIpc) is 2.92. The Bertz CT molecular complexity index is 635. The molecule has 21 heavy (non-hydrogen) atoms. The molecule has 2 amide bonds. The molecular formula is C15H15BrN2O3. The molecule has 0 saturated carbocycles. The largest absolute Gasteiger partial charge is 0.444 e. The van der Waals surface area contributed by atoms with E-state index in [0.29, 0.717) is 10.4 Å². The van der Waals surface area contributed by atoms with Crippen molar-refractivity contribution in [2.75, 3.05) is 11.9 Å². The number of amides is 2. The third-order valence-corrected chi connectivity index (χ3v) is 3.28. The van der Waals surface area contributed by atoms with Crippen LogP contribution in [0.3, 0.4) is 0 Å². The van der Waals surface area contributed by atoms with Gasteiger partial charge in [-0.3, -0.25) is 9.59 Å². The second kappa shape index (κ2) is 7.08. The molecule has 0 radical (unpaired) electrons. The molecule has 0 atom stereocenters. The zero-order chi connectivity index (χ0) is 15.2. The second-order valence-corrected chi connectivity index (χ2v) is 5.17. The Kier molecular flexibility index (Phi) is 5.16. The summed E-state index contributed by atoms with van der Waals surface area (Å²) in [5, 5.41) is 5.20. The second-order valence-electron chi connectivity index (χ2n) is 4.39. The number of rotatable bonds is 5. The number of anilines is 1. The molecule has 5 nitrogen and oxygen atoms in total. The molecule has 0 aliphatic rings. The number of carbonyl (C=O) groups is 2. The zero-order valence-corrected chi connectivity index (χ0v) is 13.1. The average molecular weight is 351 g/mol. The van der Waals surface area contributed by atoms with Gasteiger partial charge in [-0.15, -0.1) is 0 Å². The Morgan fingerprint density at radius 3 is 2.43 bits per heavy atom. The van der Waals surface area contributed by atoms with E-state index in [1.165, 1.54) is 11.6 Å². The van der Waals surface area contributed by atoms with E-state index in [1.54, 1.807) is 6.07 Å². The lowest BCUT2D eigenvalue weighted by molar-refractivity contribution is -0.115. The SMILES string of the molecule is CCc1ccc(NC(=O)CNC(=O)c2ccc(Br)o2)cc1. The normalized spacial score (nSPS) is 10.2. The van der Waals surface area contributed by atoms with Crippen LogP contribution in [0.15, 0.2) is 45.5 Å². The summed E-state index contributed by atoms with van der Waals surface area (Å²) in [7, 11) is 0. The number of nitrogens with one attached hydrogen (secondary N) is 2. The first-order valence-corrected chi connectivity index (χ1v) is 7.30. The molecule has 0 bridgehead atoms. The highest BCUT2D eigenvalue weighted by Crippen LogP contribution is 2.13. The van der Waals surface area contributed by atoms with Crippen LogP contribution in [0.2, 0.25) is 0 Å². The van der Waals surface area contributed by atoms with Crippen molar-refractivity contribution in [3.63, 3.8) is 0 Å². The summed E-state index contributed by atoms with van der Waals surface area (Å²) in [5.74, 6) is -0.572. The monoisotopic (exact) mass is 350 g/mol. The molecule has 0 unspecified atom stereocenters. The summed E-state index contributed by atoms with van der Waals surface area (Å²) < 4.78 is 5.56. The molecule has 110 valence electrons. The van der Waals surface area contributed by atoms with Crippen LogP contribution >= 0.6 is 15.9 Å². The molecule has 0 saturated heterocycles. The highest BCUT2D eigenvalue weighted by atomic mass is 79.9. The molecule has 0 aliphatic heterocycles. The predicted molar refractivity (Wildman–Crippen MR) is 83.2 cm³/mol. The van der Waals surface area contributed by atoms with Crippen LogP contribution in [-0.4, -0.2) is 18.4 Å². The third-order valence-electron chi connectivity index (χ3n) is 2.85. The lowest BCUT2D eigenvalue weighted by atomic mass is 10.1. The molecule has 2 rings (SSSR count). The smallest absolute Gasteiger partial charge is 0.287 e. The minimum Gasteiger partial charge on any atom is -0.444 e. The summed E-state index contributed by atoms with van der Waals surface area (Å²) in [6.45, 7) is 1.95.